The second kappa shape index (κ2) is 7.74. The van der Waals surface area contributed by atoms with Crippen LogP contribution in [0.25, 0.3) is 6.08 Å². The maximum Gasteiger partial charge on any atom is 0.251 e. The van der Waals surface area contributed by atoms with E-state index in [1.165, 1.54) is 5.56 Å². The molecule has 0 aliphatic carbocycles. The smallest absolute Gasteiger partial charge is 0.251 e. The second-order valence-electron chi connectivity index (χ2n) is 6.81. The Balaban J connectivity index is 1.31. The number of benzene rings is 1. The van der Waals surface area contributed by atoms with Crippen molar-refractivity contribution in [2.24, 2.45) is 4.99 Å². The van der Waals surface area contributed by atoms with Gasteiger partial charge in [0.2, 0.25) is 5.95 Å². The van der Waals surface area contributed by atoms with Crippen molar-refractivity contribution in [1.82, 2.24) is 15.3 Å². The summed E-state index contributed by atoms with van der Waals surface area (Å²) in [5.41, 5.74) is 1.88. The molecular formula is C20H23N5O. The molecule has 1 fully saturated rings. The molecule has 4 rings (SSSR count). The van der Waals surface area contributed by atoms with Crippen LogP contribution < -0.4 is 20.9 Å². The van der Waals surface area contributed by atoms with Crippen LogP contribution in [0, 0.1) is 0 Å². The number of nitrogens with one attached hydrogen (secondary N) is 1. The van der Waals surface area contributed by atoms with Crippen LogP contribution in [0.15, 0.2) is 41.5 Å². The molecule has 0 radical (unpaired) electrons. The zero-order chi connectivity index (χ0) is 17.8. The molecule has 6 nitrogen and oxygen atoms in total. The van der Waals surface area contributed by atoms with Gasteiger partial charge in [-0.3, -0.25) is 4.79 Å². The van der Waals surface area contributed by atoms with E-state index in [0.717, 1.165) is 44.1 Å². The fourth-order valence-electron chi connectivity index (χ4n) is 3.47. The van der Waals surface area contributed by atoms with E-state index in [1.807, 2.05) is 6.08 Å². The molecule has 1 aromatic heterocycles. The number of hydrogen-bond acceptors (Lipinski definition) is 5. The third-order valence-electron chi connectivity index (χ3n) is 4.98. The Bertz CT molecular complexity index is 888. The van der Waals surface area contributed by atoms with Gasteiger partial charge >= 0.3 is 0 Å². The summed E-state index contributed by atoms with van der Waals surface area (Å²) in [6.07, 6.45) is 7.15. The minimum atomic E-state index is -0.136. The summed E-state index contributed by atoms with van der Waals surface area (Å²) in [7, 11) is 0. The van der Waals surface area contributed by atoms with Gasteiger partial charge in [-0.15, -0.1) is 0 Å². The topological polar surface area (TPSA) is 70.5 Å². The maximum atomic E-state index is 11.5. The van der Waals surface area contributed by atoms with E-state index in [0.29, 0.717) is 23.9 Å². The number of nitrogens with zero attached hydrogens (tertiary/aromatic N) is 4. The summed E-state index contributed by atoms with van der Waals surface area (Å²) in [6, 6.07) is 11.1. The maximum absolute atomic E-state index is 11.5. The molecule has 2 aliphatic rings. The van der Waals surface area contributed by atoms with E-state index in [-0.39, 0.29) is 5.91 Å². The van der Waals surface area contributed by atoms with Crippen LogP contribution in [0.2, 0.25) is 0 Å². The molecular weight excluding hydrogens is 326 g/mol. The van der Waals surface area contributed by atoms with Gasteiger partial charge in [0.1, 0.15) is 0 Å². The zero-order valence-electron chi connectivity index (χ0n) is 14.8. The fraction of sp³-hybridized carbons (Fsp3) is 0.400. The van der Waals surface area contributed by atoms with Gasteiger partial charge in [-0.1, -0.05) is 36.4 Å². The number of carbonyl (C=O) groups is 1. The van der Waals surface area contributed by atoms with Crippen LogP contribution in [0.4, 0.5) is 5.95 Å². The van der Waals surface area contributed by atoms with E-state index in [9.17, 15) is 4.79 Å². The highest BCUT2D eigenvalue weighted by atomic mass is 16.1. The lowest BCUT2D eigenvalue weighted by atomic mass is 10.0. The summed E-state index contributed by atoms with van der Waals surface area (Å²) in [6.45, 7) is 2.83. The Labute approximate surface area is 152 Å². The van der Waals surface area contributed by atoms with Crippen molar-refractivity contribution in [2.75, 3.05) is 24.5 Å². The lowest BCUT2D eigenvalue weighted by Crippen LogP contribution is -2.45. The highest BCUT2D eigenvalue weighted by Crippen LogP contribution is 2.14. The summed E-state index contributed by atoms with van der Waals surface area (Å²) < 4.78 is 0. The standard InChI is InChI=1S/C20H23N5O/c26-18-7-6-16-14-22-20(24-19(16)23-18)25-12-9-17(10-13-25)21-11-8-15-4-2-1-3-5-15/h1-6,14,17,21H,7-13H2. The number of amides is 1. The first-order valence-corrected chi connectivity index (χ1v) is 9.25. The highest BCUT2D eigenvalue weighted by Gasteiger charge is 2.21. The summed E-state index contributed by atoms with van der Waals surface area (Å²) in [4.78, 5) is 26.6. The van der Waals surface area contributed by atoms with Gasteiger partial charge in [-0.2, -0.15) is 9.98 Å². The molecule has 1 saturated heterocycles. The molecule has 0 spiro atoms. The van der Waals surface area contributed by atoms with Crippen molar-refractivity contribution >= 4 is 17.9 Å². The average Bonchev–Trinajstić information content (AvgIpc) is 2.69. The Kier molecular flexibility index (Phi) is 5.02. The number of piperidine rings is 1. The van der Waals surface area contributed by atoms with Gasteiger partial charge in [-0.25, -0.2) is 4.98 Å². The number of anilines is 1. The number of aromatic nitrogens is 2. The monoisotopic (exact) mass is 349 g/mol. The lowest BCUT2D eigenvalue weighted by Gasteiger charge is -2.32. The molecule has 0 atom stereocenters. The molecule has 0 bridgehead atoms. The molecule has 1 aromatic carbocycles. The molecule has 0 saturated carbocycles. The van der Waals surface area contributed by atoms with E-state index >= 15 is 0 Å². The summed E-state index contributed by atoms with van der Waals surface area (Å²) in [5.74, 6) is 0.543. The Hall–Kier alpha value is -2.60. The van der Waals surface area contributed by atoms with Gasteiger partial charge in [0.15, 0.2) is 5.49 Å². The fourth-order valence-corrected chi connectivity index (χ4v) is 3.47. The predicted molar refractivity (Wildman–Crippen MR) is 100 cm³/mol. The van der Waals surface area contributed by atoms with Crippen molar-refractivity contribution in [3.63, 3.8) is 0 Å². The van der Waals surface area contributed by atoms with Crippen LogP contribution in [0.1, 0.15) is 24.8 Å². The molecule has 2 aromatic rings. The van der Waals surface area contributed by atoms with Crippen LogP contribution >= 0.6 is 0 Å². The van der Waals surface area contributed by atoms with Crippen molar-refractivity contribution in [2.45, 2.75) is 31.7 Å². The average molecular weight is 349 g/mol. The van der Waals surface area contributed by atoms with E-state index < -0.39 is 0 Å². The highest BCUT2D eigenvalue weighted by molar-refractivity contribution is 5.82. The molecule has 134 valence electrons. The molecule has 26 heavy (non-hydrogen) atoms. The van der Waals surface area contributed by atoms with Crippen LogP contribution in [0.3, 0.4) is 0 Å². The number of hydrogen-bond donors (Lipinski definition) is 1. The van der Waals surface area contributed by atoms with Crippen molar-refractivity contribution in [3.05, 3.63) is 52.8 Å². The molecule has 1 amide bonds. The Morgan fingerprint density at radius 2 is 1.96 bits per heavy atom. The summed E-state index contributed by atoms with van der Waals surface area (Å²) >= 11 is 0. The van der Waals surface area contributed by atoms with Crippen molar-refractivity contribution < 1.29 is 4.79 Å². The van der Waals surface area contributed by atoms with Gasteiger partial charge in [-0.05, 0) is 31.4 Å². The number of rotatable bonds is 5. The van der Waals surface area contributed by atoms with Gasteiger partial charge < -0.3 is 10.2 Å². The molecule has 2 aliphatic heterocycles. The predicted octanol–water partition coefficient (Wildman–Crippen LogP) is 0.608. The Morgan fingerprint density at radius 1 is 1.15 bits per heavy atom. The van der Waals surface area contributed by atoms with Gasteiger partial charge in [0, 0.05) is 37.0 Å². The van der Waals surface area contributed by atoms with E-state index in [2.05, 4.69) is 55.5 Å². The molecule has 3 heterocycles. The molecule has 1 N–H and O–H groups in total. The first kappa shape index (κ1) is 16.8. The first-order chi connectivity index (χ1) is 12.8. The van der Waals surface area contributed by atoms with Crippen LogP contribution in [0.5, 0.6) is 0 Å². The van der Waals surface area contributed by atoms with Crippen LogP contribution in [-0.2, 0) is 11.2 Å². The van der Waals surface area contributed by atoms with Crippen molar-refractivity contribution in [3.8, 4) is 0 Å². The third-order valence-corrected chi connectivity index (χ3v) is 4.98. The minimum absolute atomic E-state index is 0.136. The quantitative estimate of drug-likeness (QED) is 0.856. The first-order valence-electron chi connectivity index (χ1n) is 9.25. The van der Waals surface area contributed by atoms with Crippen LogP contribution in [-0.4, -0.2) is 41.6 Å². The van der Waals surface area contributed by atoms with E-state index in [1.54, 1.807) is 6.20 Å². The lowest BCUT2D eigenvalue weighted by molar-refractivity contribution is -0.117. The van der Waals surface area contributed by atoms with Gasteiger partial charge in [0.25, 0.3) is 5.91 Å². The number of carbonyl (C=O) groups excluding carboxylic acids is 1. The Morgan fingerprint density at radius 3 is 2.77 bits per heavy atom. The largest absolute Gasteiger partial charge is 0.341 e. The van der Waals surface area contributed by atoms with E-state index in [4.69, 9.17) is 0 Å². The summed E-state index contributed by atoms with van der Waals surface area (Å²) in [5, 5.41) is 4.51. The third kappa shape index (κ3) is 3.96. The normalized spacial score (nSPS) is 17.4. The van der Waals surface area contributed by atoms with Crippen molar-refractivity contribution in [1.29, 1.82) is 0 Å². The molecule has 6 heteroatoms. The SMILES string of the molecule is O=C1CC=c2cnc(N3CCC(NCCc4ccccc4)CC3)nc2=N1. The minimum Gasteiger partial charge on any atom is -0.341 e. The second-order valence-corrected chi connectivity index (χ2v) is 6.81. The van der Waals surface area contributed by atoms with Gasteiger partial charge in [0.05, 0.1) is 0 Å². The molecule has 0 unspecified atom stereocenters. The zero-order valence-corrected chi connectivity index (χ0v) is 14.8. The number of fused-ring (bicyclic) bond motifs is 1.